The van der Waals surface area contributed by atoms with E-state index in [-0.39, 0.29) is 17.0 Å². The van der Waals surface area contributed by atoms with Crippen LogP contribution >= 0.6 is 0 Å². The molecular formula is C9H12N4O3. The molecule has 7 nitrogen and oxygen atoms in total. The largest absolute Gasteiger partial charge is 0.274 e. The summed E-state index contributed by atoms with van der Waals surface area (Å²) in [5.41, 5.74) is 1.61. The van der Waals surface area contributed by atoms with Crippen LogP contribution in [-0.2, 0) is 11.3 Å². The normalized spacial score (nSPS) is 10.6. The molecule has 0 fully saturated rings. The highest BCUT2D eigenvalue weighted by Crippen LogP contribution is 1.78. The molecule has 16 heavy (non-hydrogen) atoms. The lowest BCUT2D eigenvalue weighted by Gasteiger charge is -2.00. The van der Waals surface area contributed by atoms with Crippen molar-refractivity contribution in [1.29, 1.82) is 0 Å². The summed E-state index contributed by atoms with van der Waals surface area (Å²) < 4.78 is 1.18. The van der Waals surface area contributed by atoms with Crippen molar-refractivity contribution in [3.05, 3.63) is 32.8 Å². The molecule has 1 aromatic rings. The molecule has 1 amide bonds. The molecule has 7 heteroatoms. The lowest BCUT2D eigenvalue weighted by molar-refractivity contribution is -0.118. The maximum absolute atomic E-state index is 11.2. The van der Waals surface area contributed by atoms with Crippen LogP contribution in [0.1, 0.15) is 13.3 Å². The standard InChI is InChI=1S/C9H12N4O3/c1-7(14)11-10-5-2-6-13-9(16)4-3-8(15)12-13/h3-5H,2,6H2,1H3,(H,11,14)(H,12,15)/b10-5+. The first-order valence-corrected chi connectivity index (χ1v) is 4.68. The molecule has 0 aliphatic heterocycles. The second-order valence-corrected chi connectivity index (χ2v) is 3.07. The zero-order valence-corrected chi connectivity index (χ0v) is 8.77. The Bertz CT molecular complexity index is 500. The van der Waals surface area contributed by atoms with Gasteiger partial charge in [-0.3, -0.25) is 19.5 Å². The molecule has 0 aromatic carbocycles. The van der Waals surface area contributed by atoms with Gasteiger partial charge in [-0.05, 0) is 0 Å². The third kappa shape index (κ3) is 3.91. The number of aryl methyl sites for hydroxylation is 1. The average Bonchev–Trinajstić information content (AvgIpc) is 2.22. The summed E-state index contributed by atoms with van der Waals surface area (Å²) in [5.74, 6) is -0.262. The van der Waals surface area contributed by atoms with Crippen LogP contribution in [-0.4, -0.2) is 21.9 Å². The van der Waals surface area contributed by atoms with Gasteiger partial charge in [-0.15, -0.1) is 0 Å². The monoisotopic (exact) mass is 224 g/mol. The van der Waals surface area contributed by atoms with Gasteiger partial charge in [-0.2, -0.15) is 5.10 Å². The van der Waals surface area contributed by atoms with E-state index in [2.05, 4.69) is 15.6 Å². The van der Waals surface area contributed by atoms with Crippen molar-refractivity contribution in [3.8, 4) is 0 Å². The van der Waals surface area contributed by atoms with E-state index in [0.29, 0.717) is 13.0 Å². The average molecular weight is 224 g/mol. The Morgan fingerprint density at radius 1 is 1.56 bits per heavy atom. The summed E-state index contributed by atoms with van der Waals surface area (Å²) >= 11 is 0. The molecule has 0 bridgehead atoms. The van der Waals surface area contributed by atoms with Crippen LogP contribution < -0.4 is 16.5 Å². The van der Waals surface area contributed by atoms with E-state index >= 15 is 0 Å². The van der Waals surface area contributed by atoms with Crippen molar-refractivity contribution >= 4 is 12.1 Å². The molecule has 86 valence electrons. The molecule has 0 spiro atoms. The summed E-state index contributed by atoms with van der Waals surface area (Å²) in [4.78, 5) is 32.6. The van der Waals surface area contributed by atoms with E-state index in [1.165, 1.54) is 30.0 Å². The van der Waals surface area contributed by atoms with Crippen LogP contribution in [0.25, 0.3) is 0 Å². The number of nitrogens with zero attached hydrogens (tertiary/aromatic N) is 2. The predicted octanol–water partition coefficient (Wildman–Crippen LogP) is -0.951. The molecule has 0 saturated carbocycles. The first-order valence-electron chi connectivity index (χ1n) is 4.68. The van der Waals surface area contributed by atoms with Gasteiger partial charge < -0.3 is 0 Å². The van der Waals surface area contributed by atoms with Crippen LogP contribution in [0, 0.1) is 0 Å². The Balaban J connectivity index is 2.52. The Labute approximate surface area is 90.8 Å². The maximum atomic E-state index is 11.2. The summed E-state index contributed by atoms with van der Waals surface area (Å²) in [6.07, 6.45) is 1.89. The molecule has 2 N–H and O–H groups in total. The van der Waals surface area contributed by atoms with Gasteiger partial charge in [0.1, 0.15) is 0 Å². The third-order valence-electron chi connectivity index (χ3n) is 1.68. The number of nitrogens with one attached hydrogen (secondary N) is 2. The van der Waals surface area contributed by atoms with E-state index < -0.39 is 0 Å². The number of hydrogen-bond donors (Lipinski definition) is 2. The van der Waals surface area contributed by atoms with Crippen molar-refractivity contribution < 1.29 is 4.79 Å². The van der Waals surface area contributed by atoms with Gasteiger partial charge >= 0.3 is 0 Å². The second kappa shape index (κ2) is 5.64. The zero-order chi connectivity index (χ0) is 12.0. The van der Waals surface area contributed by atoms with Crippen molar-refractivity contribution in [2.45, 2.75) is 19.9 Å². The van der Waals surface area contributed by atoms with Gasteiger partial charge in [0, 0.05) is 38.2 Å². The van der Waals surface area contributed by atoms with Gasteiger partial charge in [0.25, 0.3) is 11.1 Å². The van der Waals surface area contributed by atoms with E-state index in [1.807, 2.05) is 0 Å². The minimum absolute atomic E-state index is 0.262. The zero-order valence-electron chi connectivity index (χ0n) is 8.77. The second-order valence-electron chi connectivity index (χ2n) is 3.07. The van der Waals surface area contributed by atoms with Crippen LogP contribution in [0.2, 0.25) is 0 Å². The number of carbonyl (C=O) groups is 1. The number of H-pyrrole nitrogens is 1. The molecule has 0 aliphatic carbocycles. The Morgan fingerprint density at radius 2 is 2.31 bits per heavy atom. The topological polar surface area (TPSA) is 96.3 Å². The van der Waals surface area contributed by atoms with E-state index in [0.717, 1.165) is 0 Å². The number of aromatic amines is 1. The molecule has 1 aromatic heterocycles. The molecule has 0 unspecified atom stereocenters. The van der Waals surface area contributed by atoms with Crippen molar-refractivity contribution in [2.75, 3.05) is 0 Å². The van der Waals surface area contributed by atoms with E-state index in [1.54, 1.807) is 0 Å². The number of hydrazone groups is 1. The minimum Gasteiger partial charge on any atom is -0.274 e. The molecule has 0 saturated heterocycles. The highest BCUT2D eigenvalue weighted by atomic mass is 16.2. The van der Waals surface area contributed by atoms with Crippen molar-refractivity contribution in [3.63, 3.8) is 0 Å². The number of amides is 1. The fourth-order valence-corrected chi connectivity index (χ4v) is 1.02. The van der Waals surface area contributed by atoms with Crippen molar-refractivity contribution in [2.24, 2.45) is 5.10 Å². The summed E-state index contributed by atoms with van der Waals surface area (Å²) in [6.45, 7) is 1.65. The first kappa shape index (κ1) is 11.9. The summed E-state index contributed by atoms with van der Waals surface area (Å²) in [5, 5.41) is 5.98. The molecule has 0 radical (unpaired) electrons. The maximum Gasteiger partial charge on any atom is 0.265 e. The highest BCUT2D eigenvalue weighted by molar-refractivity contribution is 5.73. The van der Waals surface area contributed by atoms with Crippen molar-refractivity contribution in [1.82, 2.24) is 15.2 Å². The highest BCUT2D eigenvalue weighted by Gasteiger charge is 1.94. The van der Waals surface area contributed by atoms with Gasteiger partial charge in [0.15, 0.2) is 0 Å². The predicted molar refractivity (Wildman–Crippen MR) is 58.2 cm³/mol. The Hall–Kier alpha value is -2.18. The molecule has 0 atom stereocenters. The molecular weight excluding hydrogens is 212 g/mol. The number of hydrogen-bond acceptors (Lipinski definition) is 4. The summed E-state index contributed by atoms with van der Waals surface area (Å²) in [7, 11) is 0. The Kier molecular flexibility index (Phi) is 4.19. The smallest absolute Gasteiger partial charge is 0.265 e. The molecule has 0 aliphatic rings. The number of aromatic nitrogens is 2. The quantitative estimate of drug-likeness (QED) is 0.509. The third-order valence-corrected chi connectivity index (χ3v) is 1.68. The van der Waals surface area contributed by atoms with Crippen LogP contribution in [0.5, 0.6) is 0 Å². The van der Waals surface area contributed by atoms with Gasteiger partial charge in [0.2, 0.25) is 5.91 Å². The number of rotatable bonds is 4. The summed E-state index contributed by atoms with van der Waals surface area (Å²) in [6, 6.07) is 2.37. The lowest BCUT2D eigenvalue weighted by Crippen LogP contribution is -2.28. The van der Waals surface area contributed by atoms with Crippen LogP contribution in [0.4, 0.5) is 0 Å². The Morgan fingerprint density at radius 3 is 3.00 bits per heavy atom. The van der Waals surface area contributed by atoms with Crippen LogP contribution in [0.3, 0.4) is 0 Å². The minimum atomic E-state index is -0.335. The van der Waals surface area contributed by atoms with Gasteiger partial charge in [-0.1, -0.05) is 0 Å². The number of carbonyl (C=O) groups excluding carboxylic acids is 1. The molecule has 1 heterocycles. The first-order chi connectivity index (χ1) is 7.59. The van der Waals surface area contributed by atoms with E-state index in [9.17, 15) is 14.4 Å². The fourth-order valence-electron chi connectivity index (χ4n) is 1.02. The van der Waals surface area contributed by atoms with E-state index in [4.69, 9.17) is 0 Å². The fraction of sp³-hybridized carbons (Fsp3) is 0.333. The van der Waals surface area contributed by atoms with Crippen LogP contribution in [0.15, 0.2) is 26.8 Å². The van der Waals surface area contributed by atoms with Gasteiger partial charge in [0.05, 0.1) is 0 Å². The lowest BCUT2D eigenvalue weighted by atomic mass is 10.4. The van der Waals surface area contributed by atoms with Gasteiger partial charge in [-0.25, -0.2) is 10.1 Å². The SMILES string of the molecule is CC(=O)N/N=C/CCn1[nH]c(=O)ccc1=O. The molecule has 1 rings (SSSR count).